The van der Waals surface area contributed by atoms with Crippen LogP contribution in [-0.4, -0.2) is 37.6 Å². The molecular formula is C17H23F2N3O. The summed E-state index contributed by atoms with van der Waals surface area (Å²) in [5, 5.41) is 6.38. The highest BCUT2D eigenvalue weighted by molar-refractivity contribution is 5.79. The number of halogens is 2. The molecular weight excluding hydrogens is 300 g/mol. The lowest BCUT2D eigenvalue weighted by Crippen LogP contribution is -2.46. The lowest BCUT2D eigenvalue weighted by molar-refractivity contribution is -0.126. The Morgan fingerprint density at radius 1 is 1.30 bits per heavy atom. The monoisotopic (exact) mass is 323 g/mol. The first-order valence-electron chi connectivity index (χ1n) is 8.27. The average Bonchev–Trinajstić information content (AvgIpc) is 2.95. The van der Waals surface area contributed by atoms with Gasteiger partial charge < -0.3 is 15.5 Å². The molecule has 6 heteroatoms. The van der Waals surface area contributed by atoms with E-state index in [1.807, 2.05) is 0 Å². The van der Waals surface area contributed by atoms with Crippen molar-refractivity contribution in [3.05, 3.63) is 29.8 Å². The number of hydrogen-bond donors (Lipinski definition) is 2. The van der Waals surface area contributed by atoms with Gasteiger partial charge in [0.25, 0.3) is 0 Å². The molecule has 0 saturated carbocycles. The van der Waals surface area contributed by atoms with Crippen LogP contribution in [0.15, 0.2) is 18.2 Å². The van der Waals surface area contributed by atoms with E-state index in [1.54, 1.807) is 4.90 Å². The minimum absolute atomic E-state index is 0.0136. The predicted molar refractivity (Wildman–Crippen MR) is 85.3 cm³/mol. The van der Waals surface area contributed by atoms with Gasteiger partial charge in [-0.05, 0) is 44.9 Å². The Balaban J connectivity index is 1.58. The Kier molecular flexibility index (Phi) is 4.80. The van der Waals surface area contributed by atoms with Crippen LogP contribution < -0.4 is 15.5 Å². The number of rotatable bonds is 3. The van der Waals surface area contributed by atoms with E-state index in [0.717, 1.165) is 19.4 Å². The summed E-state index contributed by atoms with van der Waals surface area (Å²) in [4.78, 5) is 14.1. The molecule has 0 aromatic heterocycles. The highest BCUT2D eigenvalue weighted by atomic mass is 19.1. The molecule has 1 amide bonds. The number of piperidine rings is 1. The van der Waals surface area contributed by atoms with Gasteiger partial charge in [-0.2, -0.15) is 0 Å². The van der Waals surface area contributed by atoms with Crippen LogP contribution in [0.25, 0.3) is 0 Å². The molecule has 2 saturated heterocycles. The topological polar surface area (TPSA) is 44.4 Å². The van der Waals surface area contributed by atoms with Crippen molar-refractivity contribution in [3.8, 4) is 0 Å². The SMILES string of the molecule is C[C@H]1C[C@@H](C(=O)NC2CCN(c3c(F)cccc3F)C2)CCN1. The Morgan fingerprint density at radius 2 is 2.04 bits per heavy atom. The fraction of sp³-hybridized carbons (Fsp3) is 0.588. The van der Waals surface area contributed by atoms with Gasteiger partial charge in [0.2, 0.25) is 5.91 Å². The maximum atomic E-state index is 13.8. The predicted octanol–water partition coefficient (Wildman–Crippen LogP) is 2.05. The van der Waals surface area contributed by atoms with Crippen molar-refractivity contribution in [2.75, 3.05) is 24.5 Å². The number of benzene rings is 1. The van der Waals surface area contributed by atoms with Crippen LogP contribution in [-0.2, 0) is 4.79 Å². The fourth-order valence-corrected chi connectivity index (χ4v) is 3.56. The van der Waals surface area contributed by atoms with Crippen LogP contribution in [0.3, 0.4) is 0 Å². The van der Waals surface area contributed by atoms with Crippen molar-refractivity contribution in [1.82, 2.24) is 10.6 Å². The number of hydrogen-bond acceptors (Lipinski definition) is 3. The van der Waals surface area contributed by atoms with Crippen LogP contribution >= 0.6 is 0 Å². The third-order valence-electron chi connectivity index (χ3n) is 4.78. The quantitative estimate of drug-likeness (QED) is 0.895. The van der Waals surface area contributed by atoms with Crippen LogP contribution in [0.5, 0.6) is 0 Å². The van der Waals surface area contributed by atoms with Gasteiger partial charge in [0.05, 0.1) is 0 Å². The fourth-order valence-electron chi connectivity index (χ4n) is 3.56. The number of carbonyl (C=O) groups is 1. The molecule has 2 N–H and O–H groups in total. The molecule has 2 aliphatic rings. The molecule has 2 aliphatic heterocycles. The van der Waals surface area contributed by atoms with Crippen LogP contribution in [0.1, 0.15) is 26.2 Å². The van der Waals surface area contributed by atoms with Gasteiger partial charge >= 0.3 is 0 Å². The second-order valence-electron chi connectivity index (χ2n) is 6.59. The zero-order chi connectivity index (χ0) is 16.4. The van der Waals surface area contributed by atoms with Crippen LogP contribution in [0, 0.1) is 17.6 Å². The van der Waals surface area contributed by atoms with Crippen molar-refractivity contribution in [1.29, 1.82) is 0 Å². The largest absolute Gasteiger partial charge is 0.365 e. The van der Waals surface area contributed by atoms with Crippen molar-refractivity contribution in [3.63, 3.8) is 0 Å². The molecule has 0 spiro atoms. The minimum atomic E-state index is -0.552. The third-order valence-corrected chi connectivity index (χ3v) is 4.78. The second-order valence-corrected chi connectivity index (χ2v) is 6.59. The Labute approximate surface area is 135 Å². The summed E-state index contributed by atoms with van der Waals surface area (Å²) in [6.45, 7) is 3.93. The van der Waals surface area contributed by atoms with Crippen molar-refractivity contribution in [2.45, 2.75) is 38.3 Å². The number of nitrogens with zero attached hydrogens (tertiary/aromatic N) is 1. The summed E-state index contributed by atoms with van der Waals surface area (Å²) in [7, 11) is 0. The molecule has 0 aliphatic carbocycles. The molecule has 23 heavy (non-hydrogen) atoms. The number of para-hydroxylation sites is 1. The Morgan fingerprint density at radius 3 is 2.74 bits per heavy atom. The van der Waals surface area contributed by atoms with Gasteiger partial charge in [0, 0.05) is 31.1 Å². The van der Waals surface area contributed by atoms with E-state index < -0.39 is 11.6 Å². The summed E-state index contributed by atoms with van der Waals surface area (Å²) in [6, 6.07) is 4.20. The molecule has 3 atom stereocenters. The maximum absolute atomic E-state index is 13.8. The highest BCUT2D eigenvalue weighted by Gasteiger charge is 2.31. The zero-order valence-corrected chi connectivity index (χ0v) is 13.3. The number of carbonyl (C=O) groups excluding carboxylic acids is 1. The average molecular weight is 323 g/mol. The minimum Gasteiger partial charge on any atom is -0.365 e. The van der Waals surface area contributed by atoms with Gasteiger partial charge in [-0.25, -0.2) is 8.78 Å². The normalized spacial score (nSPS) is 28.0. The molecule has 1 aromatic rings. The molecule has 0 radical (unpaired) electrons. The van der Waals surface area contributed by atoms with E-state index in [1.165, 1.54) is 18.2 Å². The van der Waals surface area contributed by atoms with Gasteiger partial charge in [-0.3, -0.25) is 4.79 Å². The van der Waals surface area contributed by atoms with E-state index in [9.17, 15) is 13.6 Å². The van der Waals surface area contributed by atoms with Crippen molar-refractivity contribution in [2.24, 2.45) is 5.92 Å². The Bertz CT molecular complexity index is 561. The maximum Gasteiger partial charge on any atom is 0.223 e. The smallest absolute Gasteiger partial charge is 0.223 e. The zero-order valence-electron chi connectivity index (χ0n) is 13.3. The number of nitrogens with one attached hydrogen (secondary N) is 2. The van der Waals surface area contributed by atoms with Crippen molar-refractivity contribution >= 4 is 11.6 Å². The number of anilines is 1. The summed E-state index contributed by atoms with van der Waals surface area (Å²) in [6.07, 6.45) is 2.39. The van der Waals surface area contributed by atoms with Gasteiger partial charge in [0.1, 0.15) is 17.3 Å². The van der Waals surface area contributed by atoms with Gasteiger partial charge in [0.15, 0.2) is 0 Å². The highest BCUT2D eigenvalue weighted by Crippen LogP contribution is 2.27. The van der Waals surface area contributed by atoms with Crippen LogP contribution in [0.4, 0.5) is 14.5 Å². The molecule has 126 valence electrons. The Hall–Kier alpha value is -1.69. The standard InChI is InChI=1S/C17H23F2N3O/c1-11-9-12(5-7-20-11)17(23)21-13-6-8-22(10-13)16-14(18)3-2-4-15(16)19/h2-4,11-13,20H,5-10H2,1H3,(H,21,23)/t11-,12-,13?/m0/s1. The first-order chi connectivity index (χ1) is 11.0. The van der Waals surface area contributed by atoms with Crippen molar-refractivity contribution < 1.29 is 13.6 Å². The summed E-state index contributed by atoms with van der Waals surface area (Å²) in [5.74, 6) is -1.00. The first kappa shape index (κ1) is 16.2. The molecule has 1 unspecified atom stereocenters. The summed E-state index contributed by atoms with van der Waals surface area (Å²) >= 11 is 0. The van der Waals surface area contributed by atoms with Gasteiger partial charge in [-0.1, -0.05) is 6.07 Å². The number of amides is 1. The first-order valence-corrected chi connectivity index (χ1v) is 8.27. The molecule has 0 bridgehead atoms. The van der Waals surface area contributed by atoms with E-state index in [-0.39, 0.29) is 23.6 Å². The van der Waals surface area contributed by atoms with E-state index in [4.69, 9.17) is 0 Å². The molecule has 4 nitrogen and oxygen atoms in total. The summed E-state index contributed by atoms with van der Waals surface area (Å²) < 4.78 is 27.7. The second kappa shape index (κ2) is 6.83. The summed E-state index contributed by atoms with van der Waals surface area (Å²) in [5.41, 5.74) is 0.0136. The lowest BCUT2D eigenvalue weighted by Gasteiger charge is -2.28. The molecule has 3 rings (SSSR count). The molecule has 2 fully saturated rings. The third kappa shape index (κ3) is 3.63. The lowest BCUT2D eigenvalue weighted by atomic mass is 9.92. The van der Waals surface area contributed by atoms with Gasteiger partial charge in [-0.15, -0.1) is 0 Å². The van der Waals surface area contributed by atoms with E-state index in [0.29, 0.717) is 25.6 Å². The van der Waals surface area contributed by atoms with E-state index >= 15 is 0 Å². The van der Waals surface area contributed by atoms with E-state index in [2.05, 4.69) is 17.6 Å². The van der Waals surface area contributed by atoms with Crippen LogP contribution in [0.2, 0.25) is 0 Å². The molecule has 2 heterocycles. The molecule has 1 aromatic carbocycles.